The number of rotatable bonds is 3. The van der Waals surface area contributed by atoms with Gasteiger partial charge in [-0.25, -0.2) is 3.96 Å². The lowest BCUT2D eigenvalue weighted by molar-refractivity contribution is 0.104. The number of carbonyl (C=O) groups is 1. The van der Waals surface area contributed by atoms with Gasteiger partial charge in [0.25, 0.3) is 5.56 Å². The molecular weight excluding hydrogens is 294 g/mol. The van der Waals surface area contributed by atoms with Crippen LogP contribution in [0.3, 0.4) is 0 Å². The average Bonchev–Trinajstić information content (AvgIpc) is 2.88. The molecule has 0 saturated heterocycles. The Kier molecular flexibility index (Phi) is 3.77. The lowest BCUT2D eigenvalue weighted by atomic mass is 10.1. The number of benzene rings is 2. The van der Waals surface area contributed by atoms with E-state index in [1.807, 2.05) is 44.2 Å². The normalized spacial score (nSPS) is 10.6. The Hall–Kier alpha value is -2.46. The Labute approximate surface area is 132 Å². The van der Waals surface area contributed by atoms with Gasteiger partial charge in [0.15, 0.2) is 0 Å². The summed E-state index contributed by atoms with van der Waals surface area (Å²) in [6.07, 6.45) is 0. The zero-order valence-corrected chi connectivity index (χ0v) is 13.2. The van der Waals surface area contributed by atoms with Crippen LogP contribution in [-0.4, -0.2) is 9.74 Å². The molecule has 3 nitrogen and oxygen atoms in total. The Bertz CT molecular complexity index is 871. The topological polar surface area (TPSA) is 39.1 Å². The van der Waals surface area contributed by atoms with Crippen molar-refractivity contribution < 1.29 is 4.79 Å². The van der Waals surface area contributed by atoms with Gasteiger partial charge in [-0.1, -0.05) is 36.4 Å². The summed E-state index contributed by atoms with van der Waals surface area (Å²) < 4.78 is 1.57. The number of aryl methyl sites for hydroxylation is 2. The fraction of sp³-hybridized carbons (Fsp3) is 0.111. The van der Waals surface area contributed by atoms with Crippen LogP contribution < -0.4 is 5.56 Å². The van der Waals surface area contributed by atoms with E-state index in [0.717, 1.165) is 16.8 Å². The molecule has 0 aliphatic rings. The fourth-order valence-corrected chi connectivity index (χ4v) is 3.33. The molecule has 4 heteroatoms. The van der Waals surface area contributed by atoms with Gasteiger partial charge in [-0.05, 0) is 48.6 Å². The highest BCUT2D eigenvalue weighted by molar-refractivity contribution is 7.09. The summed E-state index contributed by atoms with van der Waals surface area (Å²) in [6, 6.07) is 16.4. The van der Waals surface area contributed by atoms with Crippen LogP contribution in [0.4, 0.5) is 0 Å². The largest absolute Gasteiger partial charge is 0.288 e. The predicted octanol–water partition coefficient (Wildman–Crippen LogP) is 3.75. The van der Waals surface area contributed by atoms with E-state index in [0.29, 0.717) is 10.4 Å². The first kappa shape index (κ1) is 14.5. The SMILES string of the molecule is Cc1cc(C)cc(-n2sc(C(=O)c3ccccc3)cc2=O)c1. The van der Waals surface area contributed by atoms with Crippen molar-refractivity contribution in [2.45, 2.75) is 13.8 Å². The van der Waals surface area contributed by atoms with Crippen LogP contribution in [-0.2, 0) is 0 Å². The summed E-state index contributed by atoms with van der Waals surface area (Å²) in [5, 5.41) is 0. The zero-order chi connectivity index (χ0) is 15.7. The highest BCUT2D eigenvalue weighted by Crippen LogP contribution is 2.19. The van der Waals surface area contributed by atoms with Crippen molar-refractivity contribution >= 4 is 17.3 Å². The second-order valence-electron chi connectivity index (χ2n) is 5.27. The van der Waals surface area contributed by atoms with Crippen molar-refractivity contribution in [3.63, 3.8) is 0 Å². The van der Waals surface area contributed by atoms with E-state index in [9.17, 15) is 9.59 Å². The molecule has 110 valence electrons. The molecule has 0 fully saturated rings. The summed E-state index contributed by atoms with van der Waals surface area (Å²) in [5.41, 5.74) is 3.41. The zero-order valence-electron chi connectivity index (χ0n) is 12.4. The number of hydrogen-bond donors (Lipinski definition) is 0. The Morgan fingerprint density at radius 2 is 1.59 bits per heavy atom. The number of ketones is 1. The van der Waals surface area contributed by atoms with Crippen LogP contribution >= 0.6 is 11.5 Å². The summed E-state index contributed by atoms with van der Waals surface area (Å²) in [6.45, 7) is 3.98. The van der Waals surface area contributed by atoms with E-state index in [1.165, 1.54) is 17.6 Å². The molecule has 0 aliphatic carbocycles. The molecule has 0 bridgehead atoms. The van der Waals surface area contributed by atoms with Crippen molar-refractivity contribution in [1.82, 2.24) is 3.96 Å². The maximum atomic E-state index is 12.4. The van der Waals surface area contributed by atoms with Crippen LogP contribution in [0.25, 0.3) is 5.69 Å². The van der Waals surface area contributed by atoms with Crippen LogP contribution in [0.5, 0.6) is 0 Å². The maximum absolute atomic E-state index is 12.4. The second-order valence-corrected chi connectivity index (χ2v) is 6.26. The first-order valence-corrected chi connectivity index (χ1v) is 7.74. The van der Waals surface area contributed by atoms with E-state index in [1.54, 1.807) is 16.1 Å². The van der Waals surface area contributed by atoms with E-state index < -0.39 is 0 Å². The van der Waals surface area contributed by atoms with Crippen LogP contribution in [0, 0.1) is 13.8 Å². The third-order valence-corrected chi connectivity index (χ3v) is 4.42. The van der Waals surface area contributed by atoms with E-state index in [-0.39, 0.29) is 11.3 Å². The molecule has 0 unspecified atom stereocenters. The van der Waals surface area contributed by atoms with Crippen molar-refractivity contribution in [2.75, 3.05) is 0 Å². The summed E-state index contributed by atoms with van der Waals surface area (Å²) in [4.78, 5) is 25.1. The monoisotopic (exact) mass is 309 g/mol. The molecule has 3 rings (SSSR count). The first-order valence-electron chi connectivity index (χ1n) is 6.96. The van der Waals surface area contributed by atoms with Crippen molar-refractivity contribution in [2.24, 2.45) is 0 Å². The third kappa shape index (κ3) is 2.78. The first-order chi connectivity index (χ1) is 10.5. The van der Waals surface area contributed by atoms with E-state index >= 15 is 0 Å². The van der Waals surface area contributed by atoms with Gasteiger partial charge >= 0.3 is 0 Å². The van der Waals surface area contributed by atoms with E-state index in [4.69, 9.17) is 0 Å². The molecule has 1 heterocycles. The molecule has 2 aromatic carbocycles. The Morgan fingerprint density at radius 1 is 0.955 bits per heavy atom. The van der Waals surface area contributed by atoms with Gasteiger partial charge in [0.2, 0.25) is 5.78 Å². The summed E-state index contributed by atoms with van der Waals surface area (Å²) in [5.74, 6) is -0.120. The number of aromatic nitrogens is 1. The standard InChI is InChI=1S/C18H15NO2S/c1-12-8-13(2)10-15(9-12)19-17(20)11-16(22-19)18(21)14-6-4-3-5-7-14/h3-11H,1-2H3. The molecule has 0 radical (unpaired) electrons. The molecule has 0 atom stereocenters. The quantitative estimate of drug-likeness (QED) is 0.691. The van der Waals surface area contributed by atoms with Crippen LogP contribution in [0.2, 0.25) is 0 Å². The van der Waals surface area contributed by atoms with Gasteiger partial charge in [0, 0.05) is 11.6 Å². The predicted molar refractivity (Wildman–Crippen MR) is 89.3 cm³/mol. The molecule has 0 spiro atoms. The Balaban J connectivity index is 2.05. The Morgan fingerprint density at radius 3 is 2.23 bits per heavy atom. The summed E-state index contributed by atoms with van der Waals surface area (Å²) in [7, 11) is 0. The fourth-order valence-electron chi connectivity index (χ4n) is 2.43. The minimum atomic E-state index is -0.172. The molecular formula is C18H15NO2S. The van der Waals surface area contributed by atoms with Gasteiger partial charge in [0.1, 0.15) is 0 Å². The van der Waals surface area contributed by atoms with Gasteiger partial charge in [-0.3, -0.25) is 9.59 Å². The molecule has 1 aromatic heterocycles. The maximum Gasteiger partial charge on any atom is 0.266 e. The average molecular weight is 309 g/mol. The molecule has 0 N–H and O–H groups in total. The van der Waals surface area contributed by atoms with Crippen LogP contribution in [0.15, 0.2) is 59.4 Å². The lowest BCUT2D eigenvalue weighted by Gasteiger charge is -2.04. The smallest absolute Gasteiger partial charge is 0.266 e. The van der Waals surface area contributed by atoms with E-state index in [2.05, 4.69) is 6.07 Å². The molecule has 0 amide bonds. The minimum Gasteiger partial charge on any atom is -0.288 e. The van der Waals surface area contributed by atoms with Gasteiger partial charge in [-0.2, -0.15) is 0 Å². The number of nitrogens with zero attached hydrogens (tertiary/aromatic N) is 1. The number of carbonyl (C=O) groups excluding carboxylic acids is 1. The van der Waals surface area contributed by atoms with Crippen LogP contribution in [0.1, 0.15) is 26.4 Å². The third-order valence-electron chi connectivity index (χ3n) is 3.35. The van der Waals surface area contributed by atoms with Gasteiger partial charge in [-0.15, -0.1) is 0 Å². The van der Waals surface area contributed by atoms with Gasteiger partial charge < -0.3 is 0 Å². The molecule has 22 heavy (non-hydrogen) atoms. The van der Waals surface area contributed by atoms with Crippen molar-refractivity contribution in [3.05, 3.63) is 86.5 Å². The highest BCUT2D eigenvalue weighted by atomic mass is 32.1. The van der Waals surface area contributed by atoms with Crippen molar-refractivity contribution in [1.29, 1.82) is 0 Å². The molecule has 0 saturated carbocycles. The lowest BCUT2D eigenvalue weighted by Crippen LogP contribution is -2.09. The van der Waals surface area contributed by atoms with Crippen molar-refractivity contribution in [3.8, 4) is 5.69 Å². The minimum absolute atomic E-state index is 0.120. The number of hydrogen-bond acceptors (Lipinski definition) is 3. The summed E-state index contributed by atoms with van der Waals surface area (Å²) >= 11 is 1.19. The molecule has 3 aromatic rings. The highest BCUT2D eigenvalue weighted by Gasteiger charge is 2.15. The van der Waals surface area contributed by atoms with Gasteiger partial charge in [0.05, 0.1) is 10.6 Å². The molecule has 0 aliphatic heterocycles. The second kappa shape index (κ2) is 5.73.